The van der Waals surface area contributed by atoms with Gasteiger partial charge >= 0.3 is 0 Å². The fraction of sp³-hybridized carbons (Fsp3) is 1.00. The minimum Gasteiger partial charge on any atom is -0.317 e. The summed E-state index contributed by atoms with van der Waals surface area (Å²) in [4.78, 5) is 0. The summed E-state index contributed by atoms with van der Waals surface area (Å²) < 4.78 is 0. The van der Waals surface area contributed by atoms with E-state index in [0.29, 0.717) is 0 Å². The number of hydrogen-bond acceptors (Lipinski definition) is 1. The van der Waals surface area contributed by atoms with Crippen LogP contribution in [0.3, 0.4) is 0 Å². The van der Waals surface area contributed by atoms with Crippen LogP contribution in [0.1, 0.15) is 65.7 Å². The maximum atomic E-state index is 3.47. The van der Waals surface area contributed by atoms with Crippen LogP contribution in [0.4, 0.5) is 0 Å². The highest BCUT2D eigenvalue weighted by atomic mass is 14.9. The van der Waals surface area contributed by atoms with Gasteiger partial charge in [0.05, 0.1) is 0 Å². The molecule has 4 unspecified atom stereocenters. The highest BCUT2D eigenvalue weighted by molar-refractivity contribution is 4.87. The molecule has 0 amide bonds. The molecule has 4 atom stereocenters. The van der Waals surface area contributed by atoms with Crippen LogP contribution >= 0.6 is 0 Å². The molecule has 0 saturated heterocycles. The lowest BCUT2D eigenvalue weighted by Gasteiger charge is -2.42. The second kappa shape index (κ2) is 7.32. The first kappa shape index (κ1) is 14.0. The smallest absolute Gasteiger partial charge is 0.00669 e. The van der Waals surface area contributed by atoms with Gasteiger partial charge in [0.25, 0.3) is 0 Å². The van der Waals surface area contributed by atoms with E-state index in [-0.39, 0.29) is 0 Å². The third kappa shape index (κ3) is 3.48. The highest BCUT2D eigenvalue weighted by Crippen LogP contribution is 2.43. The van der Waals surface area contributed by atoms with Crippen molar-refractivity contribution in [2.75, 3.05) is 7.05 Å². The van der Waals surface area contributed by atoms with Crippen molar-refractivity contribution in [2.45, 2.75) is 71.8 Å². The molecule has 2 aliphatic rings. The molecule has 2 fully saturated rings. The van der Waals surface area contributed by atoms with Gasteiger partial charge in [0.2, 0.25) is 0 Å². The maximum Gasteiger partial charge on any atom is 0.00669 e. The Hall–Kier alpha value is -0.0400. The molecular weight excluding hydrogens is 194 g/mol. The molecule has 0 heterocycles. The summed E-state index contributed by atoms with van der Waals surface area (Å²) in [5, 5.41) is 3.47. The summed E-state index contributed by atoms with van der Waals surface area (Å²) in [6, 6.07) is 0.826. The van der Waals surface area contributed by atoms with E-state index < -0.39 is 0 Å². The lowest BCUT2D eigenvalue weighted by Crippen LogP contribution is -2.38. The SMILES string of the molecule is CC.CCC1CCC2CCC(NC)CC2C1. The van der Waals surface area contributed by atoms with Gasteiger partial charge < -0.3 is 5.32 Å². The molecule has 0 spiro atoms. The maximum absolute atomic E-state index is 3.47. The van der Waals surface area contributed by atoms with Crippen LogP contribution < -0.4 is 5.32 Å². The zero-order chi connectivity index (χ0) is 12.0. The normalized spacial score (nSPS) is 38.2. The van der Waals surface area contributed by atoms with Gasteiger partial charge in [-0.05, 0) is 56.9 Å². The van der Waals surface area contributed by atoms with Crippen molar-refractivity contribution in [3.05, 3.63) is 0 Å². The lowest BCUT2D eigenvalue weighted by molar-refractivity contribution is 0.110. The van der Waals surface area contributed by atoms with Crippen LogP contribution in [-0.2, 0) is 0 Å². The average Bonchev–Trinajstić information content (AvgIpc) is 2.39. The van der Waals surface area contributed by atoms with Crippen LogP contribution in [0.15, 0.2) is 0 Å². The summed E-state index contributed by atoms with van der Waals surface area (Å²) in [7, 11) is 2.13. The van der Waals surface area contributed by atoms with Gasteiger partial charge in [-0.15, -0.1) is 0 Å². The van der Waals surface area contributed by atoms with Crippen LogP contribution in [0, 0.1) is 17.8 Å². The Labute approximate surface area is 102 Å². The van der Waals surface area contributed by atoms with Gasteiger partial charge in [-0.1, -0.05) is 33.6 Å². The van der Waals surface area contributed by atoms with Crippen molar-refractivity contribution < 1.29 is 0 Å². The zero-order valence-corrected chi connectivity index (χ0v) is 11.8. The number of hydrogen-bond donors (Lipinski definition) is 1. The fourth-order valence-electron chi connectivity index (χ4n) is 3.62. The molecule has 0 radical (unpaired) electrons. The van der Waals surface area contributed by atoms with Crippen LogP contribution in [-0.4, -0.2) is 13.1 Å². The topological polar surface area (TPSA) is 12.0 Å². The second-order valence-electron chi connectivity index (χ2n) is 5.41. The predicted molar refractivity (Wildman–Crippen MR) is 72.7 cm³/mol. The lowest BCUT2D eigenvalue weighted by atomic mass is 9.66. The summed E-state index contributed by atoms with van der Waals surface area (Å²) >= 11 is 0. The quantitative estimate of drug-likeness (QED) is 0.741. The number of fused-ring (bicyclic) bond motifs is 1. The Morgan fingerprint density at radius 2 is 1.62 bits per heavy atom. The van der Waals surface area contributed by atoms with Crippen LogP contribution in [0.5, 0.6) is 0 Å². The van der Waals surface area contributed by atoms with Gasteiger partial charge in [-0.25, -0.2) is 0 Å². The Kier molecular flexibility index (Phi) is 6.41. The molecule has 96 valence electrons. The Morgan fingerprint density at radius 1 is 0.938 bits per heavy atom. The molecule has 2 rings (SSSR count). The summed E-state index contributed by atoms with van der Waals surface area (Å²) in [5.74, 6) is 3.19. The third-order valence-electron chi connectivity index (χ3n) is 4.71. The molecule has 0 aromatic carbocycles. The molecule has 0 aliphatic heterocycles. The minimum absolute atomic E-state index is 0.826. The van der Waals surface area contributed by atoms with Crippen molar-refractivity contribution in [3.63, 3.8) is 0 Å². The molecule has 1 nitrogen and oxygen atoms in total. The van der Waals surface area contributed by atoms with Gasteiger partial charge in [-0.3, -0.25) is 0 Å². The van der Waals surface area contributed by atoms with Gasteiger partial charge in [0, 0.05) is 6.04 Å². The van der Waals surface area contributed by atoms with Gasteiger partial charge in [-0.2, -0.15) is 0 Å². The van der Waals surface area contributed by atoms with E-state index in [9.17, 15) is 0 Å². The third-order valence-corrected chi connectivity index (χ3v) is 4.71. The van der Waals surface area contributed by atoms with Crippen molar-refractivity contribution in [3.8, 4) is 0 Å². The monoisotopic (exact) mass is 225 g/mol. The van der Waals surface area contributed by atoms with E-state index in [1.54, 1.807) is 0 Å². The second-order valence-corrected chi connectivity index (χ2v) is 5.41. The summed E-state index contributed by atoms with van der Waals surface area (Å²) in [5.41, 5.74) is 0. The molecule has 1 N–H and O–H groups in total. The molecular formula is C15H31N. The fourth-order valence-corrected chi connectivity index (χ4v) is 3.62. The van der Waals surface area contributed by atoms with E-state index in [2.05, 4.69) is 19.3 Å². The van der Waals surface area contributed by atoms with Crippen molar-refractivity contribution in [2.24, 2.45) is 17.8 Å². The highest BCUT2D eigenvalue weighted by Gasteiger charge is 2.34. The van der Waals surface area contributed by atoms with Gasteiger partial charge in [0.1, 0.15) is 0 Å². The molecule has 2 aliphatic carbocycles. The van der Waals surface area contributed by atoms with E-state index in [4.69, 9.17) is 0 Å². The molecule has 0 aromatic rings. The largest absolute Gasteiger partial charge is 0.317 e. The van der Waals surface area contributed by atoms with Crippen molar-refractivity contribution in [1.29, 1.82) is 0 Å². The van der Waals surface area contributed by atoms with E-state index in [1.165, 1.54) is 44.9 Å². The number of nitrogens with one attached hydrogen (secondary N) is 1. The standard InChI is InChI=1S/C13H25N.C2H6/c1-3-10-4-5-11-6-7-13(14-2)9-12(11)8-10;1-2/h10-14H,3-9H2,1-2H3;1-2H3. The van der Waals surface area contributed by atoms with Crippen LogP contribution in [0.2, 0.25) is 0 Å². The van der Waals surface area contributed by atoms with Crippen molar-refractivity contribution in [1.82, 2.24) is 5.32 Å². The van der Waals surface area contributed by atoms with E-state index >= 15 is 0 Å². The minimum atomic E-state index is 0.826. The molecule has 1 heteroatoms. The molecule has 2 saturated carbocycles. The Balaban J connectivity index is 0.000000606. The average molecular weight is 225 g/mol. The van der Waals surface area contributed by atoms with Crippen LogP contribution in [0.25, 0.3) is 0 Å². The summed E-state index contributed by atoms with van der Waals surface area (Å²) in [6.07, 6.45) is 10.4. The predicted octanol–water partition coefficient (Wildman–Crippen LogP) is 4.23. The molecule has 16 heavy (non-hydrogen) atoms. The van der Waals surface area contributed by atoms with Gasteiger partial charge in [0.15, 0.2) is 0 Å². The first-order valence-electron chi connectivity index (χ1n) is 7.50. The van der Waals surface area contributed by atoms with Crippen molar-refractivity contribution >= 4 is 0 Å². The van der Waals surface area contributed by atoms with E-state index in [1.807, 2.05) is 13.8 Å². The van der Waals surface area contributed by atoms with E-state index in [0.717, 1.165) is 23.8 Å². The summed E-state index contributed by atoms with van der Waals surface area (Å²) in [6.45, 7) is 6.36. The number of rotatable bonds is 2. The zero-order valence-electron chi connectivity index (χ0n) is 11.8. The first-order chi connectivity index (χ1) is 7.83. The first-order valence-corrected chi connectivity index (χ1v) is 7.50. The molecule has 0 bridgehead atoms. The Bertz CT molecular complexity index is 160. The Morgan fingerprint density at radius 3 is 2.25 bits per heavy atom. The molecule has 0 aromatic heterocycles.